The predicted octanol–water partition coefficient (Wildman–Crippen LogP) is 5.79. The molecule has 35 heavy (non-hydrogen) atoms. The number of fused-ring (bicyclic) bond motifs is 2. The number of methoxy groups -OCH3 is 2. The molecule has 0 spiro atoms. The lowest BCUT2D eigenvalue weighted by molar-refractivity contribution is 0.0975. The highest BCUT2D eigenvalue weighted by molar-refractivity contribution is 7.80. The van der Waals surface area contributed by atoms with Crippen LogP contribution in [0.1, 0.15) is 10.4 Å². The fourth-order valence-corrected chi connectivity index (χ4v) is 4.00. The maximum atomic E-state index is 13.0. The summed E-state index contributed by atoms with van der Waals surface area (Å²) in [5, 5.41) is 7.85. The molecule has 1 heterocycles. The zero-order valence-corrected chi connectivity index (χ0v) is 19.8. The van der Waals surface area contributed by atoms with Crippen LogP contribution in [0.2, 0.25) is 0 Å². The van der Waals surface area contributed by atoms with Crippen molar-refractivity contribution in [3.63, 3.8) is 0 Å². The number of amides is 1. The van der Waals surface area contributed by atoms with Crippen LogP contribution < -0.4 is 20.1 Å². The molecule has 5 rings (SSSR count). The first-order valence-electron chi connectivity index (χ1n) is 10.8. The van der Waals surface area contributed by atoms with E-state index in [1.165, 1.54) is 7.11 Å². The SMILES string of the molecule is COc1ccc2oc(-c3cccc(NC(=S)NC(=O)c4cc5ccccc5cc4OC)c3)nc2c1. The zero-order valence-electron chi connectivity index (χ0n) is 19.0. The lowest BCUT2D eigenvalue weighted by Gasteiger charge is -2.13. The quantitative estimate of drug-likeness (QED) is 0.306. The molecule has 0 aliphatic heterocycles. The summed E-state index contributed by atoms with van der Waals surface area (Å²) in [6.45, 7) is 0. The highest BCUT2D eigenvalue weighted by atomic mass is 32.1. The molecule has 0 fully saturated rings. The number of carbonyl (C=O) groups excluding carboxylic acids is 1. The van der Waals surface area contributed by atoms with Gasteiger partial charge in [-0.25, -0.2) is 4.98 Å². The third kappa shape index (κ3) is 4.64. The Bertz CT molecular complexity index is 1580. The van der Waals surface area contributed by atoms with Gasteiger partial charge in [-0.3, -0.25) is 10.1 Å². The summed E-state index contributed by atoms with van der Waals surface area (Å²) in [7, 11) is 3.14. The summed E-state index contributed by atoms with van der Waals surface area (Å²) in [5.74, 6) is 1.28. The van der Waals surface area contributed by atoms with Crippen molar-refractivity contribution in [2.45, 2.75) is 0 Å². The Balaban J connectivity index is 1.33. The van der Waals surface area contributed by atoms with Crippen LogP contribution in [0, 0.1) is 0 Å². The zero-order chi connectivity index (χ0) is 24.4. The molecule has 0 saturated carbocycles. The van der Waals surface area contributed by atoms with E-state index >= 15 is 0 Å². The van der Waals surface area contributed by atoms with E-state index in [0.717, 1.165) is 16.3 Å². The molecule has 2 N–H and O–H groups in total. The minimum absolute atomic E-state index is 0.157. The van der Waals surface area contributed by atoms with E-state index in [4.69, 9.17) is 26.1 Å². The third-order valence-corrected chi connectivity index (χ3v) is 5.71. The lowest BCUT2D eigenvalue weighted by Crippen LogP contribution is -2.34. The number of anilines is 1. The molecule has 5 aromatic rings. The standard InChI is InChI=1S/C27H21N3O4S/c1-32-20-10-11-23-22(15-20)29-26(34-23)18-8-5-9-19(12-18)28-27(35)30-25(31)21-13-16-6-3-4-7-17(16)14-24(21)33-2/h3-15H,1-2H3,(H2,28,30,31,35). The van der Waals surface area contributed by atoms with Crippen LogP contribution >= 0.6 is 12.2 Å². The molecule has 0 aliphatic carbocycles. The Kier molecular flexibility index (Phi) is 6.03. The van der Waals surface area contributed by atoms with E-state index in [2.05, 4.69) is 15.6 Å². The van der Waals surface area contributed by atoms with Gasteiger partial charge in [-0.05, 0) is 65.5 Å². The lowest BCUT2D eigenvalue weighted by atomic mass is 10.1. The fraction of sp³-hybridized carbons (Fsp3) is 0.0741. The van der Waals surface area contributed by atoms with Crippen molar-refractivity contribution in [1.82, 2.24) is 10.3 Å². The van der Waals surface area contributed by atoms with Crippen molar-refractivity contribution in [3.05, 3.63) is 84.4 Å². The minimum Gasteiger partial charge on any atom is -0.497 e. The number of carbonyl (C=O) groups is 1. The van der Waals surface area contributed by atoms with Crippen LogP contribution in [0.5, 0.6) is 11.5 Å². The van der Waals surface area contributed by atoms with E-state index in [1.54, 1.807) is 13.2 Å². The Morgan fingerprint density at radius 2 is 1.71 bits per heavy atom. The van der Waals surface area contributed by atoms with Gasteiger partial charge in [0.15, 0.2) is 10.7 Å². The van der Waals surface area contributed by atoms with Crippen LogP contribution in [0.4, 0.5) is 5.69 Å². The van der Waals surface area contributed by atoms with Gasteiger partial charge in [-0.2, -0.15) is 0 Å². The van der Waals surface area contributed by atoms with Crippen LogP contribution in [0.15, 0.2) is 83.3 Å². The first kappa shape index (κ1) is 22.4. The molecule has 0 unspecified atom stereocenters. The van der Waals surface area contributed by atoms with Crippen LogP contribution in [-0.4, -0.2) is 30.2 Å². The smallest absolute Gasteiger partial charge is 0.261 e. The molecule has 0 atom stereocenters. The minimum atomic E-state index is -0.367. The number of ether oxygens (including phenoxy) is 2. The number of hydrogen-bond donors (Lipinski definition) is 2. The second-order valence-corrected chi connectivity index (χ2v) is 8.15. The molecule has 7 nitrogen and oxygen atoms in total. The van der Waals surface area contributed by atoms with Crippen molar-refractivity contribution < 1.29 is 18.7 Å². The summed E-state index contributed by atoms with van der Waals surface area (Å²) in [5.41, 5.74) is 3.19. The summed E-state index contributed by atoms with van der Waals surface area (Å²) >= 11 is 5.39. The van der Waals surface area contributed by atoms with E-state index < -0.39 is 0 Å². The summed E-state index contributed by atoms with van der Waals surface area (Å²) in [6, 6.07) is 24.3. The number of nitrogens with zero attached hydrogens (tertiary/aromatic N) is 1. The van der Waals surface area contributed by atoms with Crippen LogP contribution in [0.3, 0.4) is 0 Å². The number of thiocarbonyl (C=S) groups is 1. The van der Waals surface area contributed by atoms with Gasteiger partial charge in [0.05, 0.1) is 19.8 Å². The third-order valence-electron chi connectivity index (χ3n) is 5.50. The van der Waals surface area contributed by atoms with E-state index in [0.29, 0.717) is 39.7 Å². The van der Waals surface area contributed by atoms with E-state index in [1.807, 2.05) is 72.8 Å². The monoisotopic (exact) mass is 483 g/mol. The van der Waals surface area contributed by atoms with Gasteiger partial charge in [0.25, 0.3) is 5.91 Å². The molecule has 1 amide bonds. The summed E-state index contributed by atoms with van der Waals surface area (Å²) in [6.07, 6.45) is 0. The topological polar surface area (TPSA) is 85.6 Å². The van der Waals surface area contributed by atoms with Crippen molar-refractivity contribution in [3.8, 4) is 23.0 Å². The van der Waals surface area contributed by atoms with Gasteiger partial charge in [0.1, 0.15) is 17.0 Å². The average Bonchev–Trinajstić information content (AvgIpc) is 3.31. The second kappa shape index (κ2) is 9.44. The van der Waals surface area contributed by atoms with Crippen molar-refractivity contribution in [2.24, 2.45) is 0 Å². The largest absolute Gasteiger partial charge is 0.497 e. The molecule has 1 aromatic heterocycles. The average molecular weight is 484 g/mol. The highest BCUT2D eigenvalue weighted by Crippen LogP contribution is 2.29. The molecule has 0 aliphatic rings. The molecular formula is C27H21N3O4S. The molecule has 174 valence electrons. The number of hydrogen-bond acceptors (Lipinski definition) is 6. The van der Waals surface area contributed by atoms with Gasteiger partial charge in [0, 0.05) is 17.3 Å². The number of benzene rings is 4. The highest BCUT2D eigenvalue weighted by Gasteiger charge is 2.16. The normalized spacial score (nSPS) is 10.8. The first-order chi connectivity index (χ1) is 17.0. The second-order valence-electron chi connectivity index (χ2n) is 7.74. The Hall–Kier alpha value is -4.43. The predicted molar refractivity (Wildman–Crippen MR) is 140 cm³/mol. The van der Waals surface area contributed by atoms with Gasteiger partial charge in [-0.1, -0.05) is 30.3 Å². The Labute approximate surface area is 206 Å². The summed E-state index contributed by atoms with van der Waals surface area (Å²) < 4.78 is 16.6. The molecule has 0 bridgehead atoms. The maximum Gasteiger partial charge on any atom is 0.261 e. The first-order valence-corrected chi connectivity index (χ1v) is 11.2. The molecule has 8 heteroatoms. The molecular weight excluding hydrogens is 462 g/mol. The van der Waals surface area contributed by atoms with E-state index in [-0.39, 0.29) is 11.0 Å². The molecule has 0 radical (unpaired) electrons. The summed E-state index contributed by atoms with van der Waals surface area (Å²) in [4.78, 5) is 17.5. The Morgan fingerprint density at radius 3 is 2.49 bits per heavy atom. The van der Waals surface area contributed by atoms with Gasteiger partial charge in [-0.15, -0.1) is 0 Å². The van der Waals surface area contributed by atoms with Crippen molar-refractivity contribution >= 4 is 50.8 Å². The number of aromatic nitrogens is 1. The number of nitrogens with one attached hydrogen (secondary N) is 2. The molecule has 4 aromatic carbocycles. The molecule has 0 saturated heterocycles. The van der Waals surface area contributed by atoms with Crippen LogP contribution in [-0.2, 0) is 0 Å². The van der Waals surface area contributed by atoms with Crippen molar-refractivity contribution in [2.75, 3.05) is 19.5 Å². The Morgan fingerprint density at radius 1 is 0.914 bits per heavy atom. The van der Waals surface area contributed by atoms with Gasteiger partial charge >= 0.3 is 0 Å². The number of rotatable bonds is 5. The number of oxazole rings is 1. The van der Waals surface area contributed by atoms with Crippen LogP contribution in [0.25, 0.3) is 33.3 Å². The van der Waals surface area contributed by atoms with Gasteiger partial charge in [0.2, 0.25) is 5.89 Å². The van der Waals surface area contributed by atoms with Gasteiger partial charge < -0.3 is 19.2 Å². The fourth-order valence-electron chi connectivity index (χ4n) is 3.79. The van der Waals surface area contributed by atoms with Crippen molar-refractivity contribution in [1.29, 1.82) is 0 Å². The maximum absolute atomic E-state index is 13.0. The van der Waals surface area contributed by atoms with E-state index in [9.17, 15) is 4.79 Å².